The van der Waals surface area contributed by atoms with Crippen LogP contribution >= 0.6 is 0 Å². The van der Waals surface area contributed by atoms with Gasteiger partial charge in [0.2, 0.25) is 11.8 Å². The molecule has 0 aromatic carbocycles. The van der Waals surface area contributed by atoms with Crippen molar-refractivity contribution in [2.24, 2.45) is 0 Å². The topological polar surface area (TPSA) is 72.0 Å². The molecular weight excluding hydrogens is 266 g/mol. The van der Waals surface area contributed by atoms with Crippen molar-refractivity contribution in [2.45, 2.75) is 19.9 Å². The smallest absolute Gasteiger partial charge is 0.226 e. The van der Waals surface area contributed by atoms with E-state index >= 15 is 0 Å². The van der Waals surface area contributed by atoms with Crippen LogP contribution in [0.25, 0.3) is 0 Å². The van der Waals surface area contributed by atoms with Gasteiger partial charge in [0.1, 0.15) is 0 Å². The molecule has 2 aromatic heterocycles. The molecular formula is C15H21N5O. The first-order valence-electron chi connectivity index (χ1n) is 7.01. The van der Waals surface area contributed by atoms with Gasteiger partial charge in [0.15, 0.2) is 0 Å². The maximum atomic E-state index is 5.12. The highest BCUT2D eigenvalue weighted by molar-refractivity contribution is 5.30. The molecule has 0 aliphatic carbocycles. The standard InChI is InChI=1S/C15H21N5O/c1-12-9-14(21-2)20-15(19-12)18-8-4-7-17-11-13-5-3-6-16-10-13/h3,5-6,9-10,17H,4,7-8,11H2,1-2H3,(H,18,19,20). The van der Waals surface area contributed by atoms with Gasteiger partial charge in [0.25, 0.3) is 0 Å². The molecule has 0 atom stereocenters. The molecule has 0 fully saturated rings. The number of aromatic nitrogens is 3. The number of aryl methyl sites for hydroxylation is 1. The molecule has 2 rings (SSSR count). The molecule has 0 saturated carbocycles. The van der Waals surface area contributed by atoms with Crippen LogP contribution < -0.4 is 15.4 Å². The van der Waals surface area contributed by atoms with E-state index in [4.69, 9.17) is 4.74 Å². The molecule has 112 valence electrons. The minimum absolute atomic E-state index is 0.583. The second kappa shape index (κ2) is 8.16. The van der Waals surface area contributed by atoms with E-state index in [-0.39, 0.29) is 0 Å². The summed E-state index contributed by atoms with van der Waals surface area (Å²) < 4.78 is 5.12. The third kappa shape index (κ3) is 5.35. The van der Waals surface area contributed by atoms with Gasteiger partial charge in [-0.3, -0.25) is 4.98 Å². The predicted octanol–water partition coefficient (Wildman–Crippen LogP) is 1.78. The van der Waals surface area contributed by atoms with Crippen molar-refractivity contribution < 1.29 is 4.74 Å². The van der Waals surface area contributed by atoms with Gasteiger partial charge in [-0.05, 0) is 31.5 Å². The Morgan fingerprint density at radius 3 is 2.90 bits per heavy atom. The molecule has 0 aliphatic rings. The van der Waals surface area contributed by atoms with Crippen molar-refractivity contribution in [3.63, 3.8) is 0 Å². The summed E-state index contributed by atoms with van der Waals surface area (Å²) in [5, 5.41) is 6.58. The summed E-state index contributed by atoms with van der Waals surface area (Å²) >= 11 is 0. The minimum Gasteiger partial charge on any atom is -0.481 e. The van der Waals surface area contributed by atoms with E-state index in [0.29, 0.717) is 11.8 Å². The molecule has 0 unspecified atom stereocenters. The fraction of sp³-hybridized carbons (Fsp3) is 0.400. The molecule has 0 spiro atoms. The van der Waals surface area contributed by atoms with Gasteiger partial charge in [0, 0.05) is 37.2 Å². The number of ether oxygens (including phenoxy) is 1. The molecule has 6 heteroatoms. The molecule has 2 aromatic rings. The van der Waals surface area contributed by atoms with Gasteiger partial charge < -0.3 is 15.4 Å². The quantitative estimate of drug-likeness (QED) is 0.721. The SMILES string of the molecule is COc1cc(C)nc(NCCCNCc2cccnc2)n1. The van der Waals surface area contributed by atoms with Crippen LogP contribution in [-0.2, 0) is 6.54 Å². The monoisotopic (exact) mass is 287 g/mol. The van der Waals surface area contributed by atoms with Crippen LogP contribution in [0.4, 0.5) is 5.95 Å². The van der Waals surface area contributed by atoms with E-state index in [9.17, 15) is 0 Å². The van der Waals surface area contributed by atoms with Gasteiger partial charge in [-0.2, -0.15) is 4.98 Å². The Morgan fingerprint density at radius 2 is 2.14 bits per heavy atom. The Hall–Kier alpha value is -2.21. The van der Waals surface area contributed by atoms with Crippen molar-refractivity contribution >= 4 is 5.95 Å². The summed E-state index contributed by atoms with van der Waals surface area (Å²) in [6, 6.07) is 5.81. The van der Waals surface area contributed by atoms with Crippen LogP contribution in [0.15, 0.2) is 30.6 Å². The number of pyridine rings is 1. The number of rotatable bonds is 8. The van der Waals surface area contributed by atoms with Crippen LogP contribution in [0.5, 0.6) is 5.88 Å². The van der Waals surface area contributed by atoms with Gasteiger partial charge in [0.05, 0.1) is 7.11 Å². The van der Waals surface area contributed by atoms with E-state index in [1.807, 2.05) is 19.2 Å². The summed E-state index contributed by atoms with van der Waals surface area (Å²) in [7, 11) is 1.61. The minimum atomic E-state index is 0.583. The molecule has 21 heavy (non-hydrogen) atoms. The molecule has 0 bridgehead atoms. The Labute approximate surface area is 125 Å². The summed E-state index contributed by atoms with van der Waals surface area (Å²) in [6.07, 6.45) is 4.64. The number of nitrogens with one attached hydrogen (secondary N) is 2. The van der Waals surface area contributed by atoms with Crippen LogP contribution in [0.1, 0.15) is 17.7 Å². The highest BCUT2D eigenvalue weighted by atomic mass is 16.5. The number of anilines is 1. The Kier molecular flexibility index (Phi) is 5.90. The maximum Gasteiger partial charge on any atom is 0.226 e. The predicted molar refractivity (Wildman–Crippen MR) is 82.4 cm³/mol. The molecule has 0 aliphatic heterocycles. The normalized spacial score (nSPS) is 10.4. The molecule has 6 nitrogen and oxygen atoms in total. The average Bonchev–Trinajstić information content (AvgIpc) is 2.51. The molecule has 0 amide bonds. The number of hydrogen-bond donors (Lipinski definition) is 2. The molecule has 0 radical (unpaired) electrons. The fourth-order valence-corrected chi connectivity index (χ4v) is 1.87. The van der Waals surface area contributed by atoms with Crippen LogP contribution in [-0.4, -0.2) is 35.2 Å². The van der Waals surface area contributed by atoms with E-state index < -0.39 is 0 Å². The number of hydrogen-bond acceptors (Lipinski definition) is 6. The van der Waals surface area contributed by atoms with Gasteiger partial charge in [-0.15, -0.1) is 0 Å². The number of methoxy groups -OCH3 is 1. The van der Waals surface area contributed by atoms with Crippen molar-refractivity contribution in [3.05, 3.63) is 41.9 Å². The van der Waals surface area contributed by atoms with Crippen molar-refractivity contribution in [1.29, 1.82) is 0 Å². The summed E-state index contributed by atoms with van der Waals surface area (Å²) in [4.78, 5) is 12.6. The molecule has 2 N–H and O–H groups in total. The average molecular weight is 287 g/mol. The Morgan fingerprint density at radius 1 is 1.24 bits per heavy atom. The van der Waals surface area contributed by atoms with Crippen molar-refractivity contribution in [1.82, 2.24) is 20.3 Å². The Bertz CT molecular complexity index is 547. The maximum absolute atomic E-state index is 5.12. The third-order valence-electron chi connectivity index (χ3n) is 2.91. The first-order valence-corrected chi connectivity index (χ1v) is 7.01. The lowest BCUT2D eigenvalue weighted by Crippen LogP contribution is -2.18. The van der Waals surface area contributed by atoms with Crippen LogP contribution in [0.2, 0.25) is 0 Å². The van der Waals surface area contributed by atoms with E-state index in [2.05, 4.69) is 31.7 Å². The lowest BCUT2D eigenvalue weighted by Gasteiger charge is -2.08. The summed E-state index contributed by atoms with van der Waals surface area (Å²) in [6.45, 7) is 4.49. The van der Waals surface area contributed by atoms with Gasteiger partial charge in [-0.1, -0.05) is 6.07 Å². The summed E-state index contributed by atoms with van der Waals surface area (Å²) in [5.41, 5.74) is 2.08. The van der Waals surface area contributed by atoms with Crippen molar-refractivity contribution in [3.8, 4) is 5.88 Å². The van der Waals surface area contributed by atoms with Gasteiger partial charge >= 0.3 is 0 Å². The Balaban J connectivity index is 1.65. The highest BCUT2D eigenvalue weighted by Crippen LogP contribution is 2.10. The van der Waals surface area contributed by atoms with Crippen molar-refractivity contribution in [2.75, 3.05) is 25.5 Å². The second-order valence-corrected chi connectivity index (χ2v) is 4.69. The van der Waals surface area contributed by atoms with E-state index in [1.54, 1.807) is 19.4 Å². The van der Waals surface area contributed by atoms with E-state index in [1.165, 1.54) is 5.56 Å². The largest absolute Gasteiger partial charge is 0.481 e. The third-order valence-corrected chi connectivity index (χ3v) is 2.91. The van der Waals surface area contributed by atoms with Crippen LogP contribution in [0, 0.1) is 6.92 Å². The number of nitrogens with zero attached hydrogens (tertiary/aromatic N) is 3. The van der Waals surface area contributed by atoms with Gasteiger partial charge in [-0.25, -0.2) is 4.98 Å². The second-order valence-electron chi connectivity index (χ2n) is 4.69. The van der Waals surface area contributed by atoms with Crippen LogP contribution in [0.3, 0.4) is 0 Å². The molecule has 0 saturated heterocycles. The first kappa shape index (κ1) is 15.2. The zero-order valence-corrected chi connectivity index (χ0v) is 12.5. The molecule has 2 heterocycles. The lowest BCUT2D eigenvalue weighted by molar-refractivity contribution is 0.397. The first-order chi connectivity index (χ1) is 10.3. The zero-order chi connectivity index (χ0) is 14.9. The highest BCUT2D eigenvalue weighted by Gasteiger charge is 2.01. The van der Waals surface area contributed by atoms with E-state index in [0.717, 1.165) is 31.7 Å². The lowest BCUT2D eigenvalue weighted by atomic mass is 10.3. The zero-order valence-electron chi connectivity index (χ0n) is 12.5. The fourth-order valence-electron chi connectivity index (χ4n) is 1.87. The summed E-state index contributed by atoms with van der Waals surface area (Å²) in [5.74, 6) is 1.19.